The Kier molecular flexibility index (Phi) is 4.68. The van der Waals surface area contributed by atoms with E-state index in [1.807, 2.05) is 6.92 Å². The summed E-state index contributed by atoms with van der Waals surface area (Å²) in [6.45, 7) is 2.42. The van der Waals surface area contributed by atoms with E-state index in [0.717, 1.165) is 25.7 Å². The van der Waals surface area contributed by atoms with Gasteiger partial charge in [0, 0.05) is 11.8 Å². The molecule has 1 aliphatic rings. The van der Waals surface area contributed by atoms with E-state index < -0.39 is 5.97 Å². The number of carbonyl (C=O) groups is 1. The van der Waals surface area contributed by atoms with Gasteiger partial charge in [-0.3, -0.25) is 9.36 Å². The molecule has 1 aliphatic carbocycles. The van der Waals surface area contributed by atoms with Crippen LogP contribution in [-0.4, -0.2) is 31.1 Å². The molecular weight excluding hydrogens is 266 g/mol. The van der Waals surface area contributed by atoms with Crippen LogP contribution < -0.4 is 5.69 Å². The zero-order valence-electron chi connectivity index (χ0n) is 11.0. The largest absolute Gasteiger partial charge is 0.481 e. The molecule has 106 valence electrons. The number of aromatic amines is 1. The number of hydrogen-bond donors (Lipinski definition) is 2. The highest BCUT2D eigenvalue weighted by molar-refractivity contribution is 7.99. The third kappa shape index (κ3) is 3.20. The lowest BCUT2D eigenvalue weighted by molar-refractivity contribution is -0.141. The predicted octanol–water partition coefficient (Wildman–Crippen LogP) is 1.72. The SMILES string of the molecule is CCn1c(SC2CCCCCC2C(=O)O)n[nH]c1=O. The van der Waals surface area contributed by atoms with E-state index in [9.17, 15) is 14.7 Å². The van der Waals surface area contributed by atoms with Crippen molar-refractivity contribution in [1.29, 1.82) is 0 Å². The number of rotatable bonds is 4. The summed E-state index contributed by atoms with van der Waals surface area (Å²) in [7, 11) is 0. The number of thioether (sulfide) groups is 1. The first-order chi connectivity index (χ1) is 9.13. The van der Waals surface area contributed by atoms with Crippen molar-refractivity contribution in [3.05, 3.63) is 10.5 Å². The van der Waals surface area contributed by atoms with Crippen molar-refractivity contribution >= 4 is 17.7 Å². The van der Waals surface area contributed by atoms with Crippen molar-refractivity contribution in [3.8, 4) is 0 Å². The van der Waals surface area contributed by atoms with Crippen molar-refractivity contribution < 1.29 is 9.90 Å². The Bertz CT molecular complexity index is 497. The maximum atomic E-state index is 11.5. The van der Waals surface area contributed by atoms with Crippen LogP contribution in [0.1, 0.15) is 39.0 Å². The third-order valence-electron chi connectivity index (χ3n) is 3.57. The van der Waals surface area contributed by atoms with Crippen LogP contribution in [-0.2, 0) is 11.3 Å². The standard InChI is InChI=1S/C12H19N3O3S/c1-2-15-11(18)13-14-12(15)19-9-7-5-3-4-6-8(9)10(16)17/h8-9H,2-7H2,1H3,(H,13,18)(H,16,17). The van der Waals surface area contributed by atoms with Crippen LogP contribution in [0.5, 0.6) is 0 Å². The number of carboxylic acid groups (broad SMARTS) is 1. The van der Waals surface area contributed by atoms with Crippen molar-refractivity contribution in [2.75, 3.05) is 0 Å². The van der Waals surface area contributed by atoms with Crippen LogP contribution in [0.25, 0.3) is 0 Å². The quantitative estimate of drug-likeness (QED) is 0.822. The summed E-state index contributed by atoms with van der Waals surface area (Å²) in [5.74, 6) is -1.08. The van der Waals surface area contributed by atoms with E-state index >= 15 is 0 Å². The average Bonchev–Trinajstić information content (AvgIpc) is 2.59. The maximum absolute atomic E-state index is 11.5. The first kappa shape index (κ1) is 14.2. The average molecular weight is 285 g/mol. The second-order valence-corrected chi connectivity index (χ2v) is 6.00. The van der Waals surface area contributed by atoms with Crippen molar-refractivity contribution in [2.45, 2.75) is 56.0 Å². The van der Waals surface area contributed by atoms with Gasteiger partial charge in [-0.2, -0.15) is 0 Å². The second kappa shape index (κ2) is 6.27. The zero-order chi connectivity index (χ0) is 13.8. The lowest BCUT2D eigenvalue weighted by Crippen LogP contribution is -2.25. The smallest absolute Gasteiger partial charge is 0.343 e. The van der Waals surface area contributed by atoms with Crippen molar-refractivity contribution in [3.63, 3.8) is 0 Å². The van der Waals surface area contributed by atoms with Crippen LogP contribution in [0.15, 0.2) is 9.95 Å². The molecule has 0 amide bonds. The molecule has 2 unspecified atom stereocenters. The molecule has 6 nitrogen and oxygen atoms in total. The van der Waals surface area contributed by atoms with E-state index in [2.05, 4.69) is 10.2 Å². The molecule has 0 radical (unpaired) electrons. The molecular formula is C12H19N3O3S. The van der Waals surface area contributed by atoms with Gasteiger partial charge in [-0.25, -0.2) is 9.89 Å². The summed E-state index contributed by atoms with van der Waals surface area (Å²) >= 11 is 1.43. The minimum absolute atomic E-state index is 0.000463. The van der Waals surface area contributed by atoms with Gasteiger partial charge in [-0.1, -0.05) is 31.0 Å². The molecule has 1 saturated carbocycles. The Hall–Kier alpha value is -1.24. The van der Waals surface area contributed by atoms with Gasteiger partial charge < -0.3 is 5.11 Å². The third-order valence-corrected chi connectivity index (χ3v) is 4.96. The molecule has 0 aliphatic heterocycles. The van der Waals surface area contributed by atoms with Gasteiger partial charge in [0.25, 0.3) is 0 Å². The Morgan fingerprint density at radius 1 is 1.47 bits per heavy atom. The van der Waals surface area contributed by atoms with Gasteiger partial charge >= 0.3 is 11.7 Å². The lowest BCUT2D eigenvalue weighted by atomic mass is 10.0. The number of nitrogens with one attached hydrogen (secondary N) is 1. The van der Waals surface area contributed by atoms with Gasteiger partial charge in [0.1, 0.15) is 0 Å². The topological polar surface area (TPSA) is 88.0 Å². The molecule has 2 N–H and O–H groups in total. The summed E-state index contributed by atoms with van der Waals surface area (Å²) < 4.78 is 1.55. The first-order valence-corrected chi connectivity index (χ1v) is 7.56. The fraction of sp³-hybridized carbons (Fsp3) is 0.750. The molecule has 19 heavy (non-hydrogen) atoms. The highest BCUT2D eigenvalue weighted by atomic mass is 32.2. The predicted molar refractivity (Wildman–Crippen MR) is 72.4 cm³/mol. The van der Waals surface area contributed by atoms with Crippen molar-refractivity contribution in [2.24, 2.45) is 5.92 Å². The molecule has 0 bridgehead atoms. The Labute approximate surface area is 115 Å². The minimum Gasteiger partial charge on any atom is -0.481 e. The Balaban J connectivity index is 2.18. The minimum atomic E-state index is -0.736. The van der Waals surface area contributed by atoms with Crippen LogP contribution >= 0.6 is 11.8 Å². The van der Waals surface area contributed by atoms with E-state index in [1.165, 1.54) is 11.8 Å². The van der Waals surface area contributed by atoms with Crippen LogP contribution in [0, 0.1) is 5.92 Å². The summed E-state index contributed by atoms with van der Waals surface area (Å²) in [6, 6.07) is 0. The number of H-pyrrole nitrogens is 1. The van der Waals surface area contributed by atoms with Crippen LogP contribution in [0.2, 0.25) is 0 Å². The highest BCUT2D eigenvalue weighted by Crippen LogP contribution is 2.35. The maximum Gasteiger partial charge on any atom is 0.343 e. The van der Waals surface area contributed by atoms with Crippen LogP contribution in [0.4, 0.5) is 0 Å². The number of nitrogens with zero attached hydrogens (tertiary/aromatic N) is 2. The van der Waals surface area contributed by atoms with E-state index in [1.54, 1.807) is 4.57 Å². The summed E-state index contributed by atoms with van der Waals surface area (Å²) in [5, 5.41) is 16.4. The monoisotopic (exact) mass is 285 g/mol. The van der Waals surface area contributed by atoms with Gasteiger partial charge in [-0.05, 0) is 19.8 Å². The zero-order valence-corrected chi connectivity index (χ0v) is 11.8. The Morgan fingerprint density at radius 3 is 2.89 bits per heavy atom. The molecule has 2 rings (SSSR count). The number of carboxylic acids is 1. The molecule has 0 spiro atoms. The van der Waals surface area contributed by atoms with E-state index in [0.29, 0.717) is 18.1 Å². The van der Waals surface area contributed by atoms with Crippen molar-refractivity contribution in [1.82, 2.24) is 14.8 Å². The lowest BCUT2D eigenvalue weighted by Gasteiger charge is -2.20. The number of hydrogen-bond acceptors (Lipinski definition) is 4. The molecule has 2 atom stereocenters. The molecule has 1 aromatic heterocycles. The van der Waals surface area contributed by atoms with Gasteiger partial charge in [-0.15, -0.1) is 5.10 Å². The highest BCUT2D eigenvalue weighted by Gasteiger charge is 2.31. The molecule has 1 heterocycles. The molecule has 7 heteroatoms. The van der Waals surface area contributed by atoms with Gasteiger partial charge in [0.05, 0.1) is 5.92 Å². The summed E-state index contributed by atoms with van der Waals surface area (Å²) in [6.07, 6.45) is 4.68. The molecule has 0 aromatic carbocycles. The van der Waals surface area contributed by atoms with Crippen LogP contribution in [0.3, 0.4) is 0 Å². The molecule has 1 aromatic rings. The fourth-order valence-electron chi connectivity index (χ4n) is 2.50. The fourth-order valence-corrected chi connectivity index (χ4v) is 3.91. The second-order valence-electron chi connectivity index (χ2n) is 4.79. The first-order valence-electron chi connectivity index (χ1n) is 6.68. The summed E-state index contributed by atoms with van der Waals surface area (Å²) in [5.41, 5.74) is -0.231. The van der Waals surface area contributed by atoms with Gasteiger partial charge in [0.15, 0.2) is 5.16 Å². The van der Waals surface area contributed by atoms with E-state index in [-0.39, 0.29) is 16.9 Å². The molecule has 1 fully saturated rings. The summed E-state index contributed by atoms with van der Waals surface area (Å²) in [4.78, 5) is 22.9. The van der Waals surface area contributed by atoms with E-state index in [4.69, 9.17) is 0 Å². The normalized spacial score (nSPS) is 24.1. The number of aromatic nitrogens is 3. The Morgan fingerprint density at radius 2 is 2.21 bits per heavy atom. The molecule has 0 saturated heterocycles. The van der Waals surface area contributed by atoms with Gasteiger partial charge in [0.2, 0.25) is 0 Å². The number of aliphatic carboxylic acids is 1.